The minimum Gasteiger partial charge on any atom is -0.392 e. The van der Waals surface area contributed by atoms with E-state index in [2.05, 4.69) is 9.72 Å². The summed E-state index contributed by atoms with van der Waals surface area (Å²) in [4.78, 5) is 3.24. The maximum Gasteiger partial charge on any atom is 0.574 e. The van der Waals surface area contributed by atoms with E-state index in [-0.39, 0.29) is 5.56 Å². The highest BCUT2D eigenvalue weighted by Gasteiger charge is 2.33. The number of aliphatic hydroxyl groups excluding tert-OH is 1. The highest BCUT2D eigenvalue weighted by atomic mass is 19.4. The van der Waals surface area contributed by atoms with Gasteiger partial charge >= 0.3 is 6.36 Å². The monoisotopic (exact) mass is 240 g/mol. The van der Waals surface area contributed by atoms with Crippen LogP contribution in [0.15, 0.2) is 6.20 Å². The fourth-order valence-electron chi connectivity index (χ4n) is 1.04. The standard InChI is InChI=1S/C8H8F4N2O2/c9-6-4(3-15)2-14-7(5(6)1-13)16-8(10,11)12/h2,15H,1,3,13H2. The van der Waals surface area contributed by atoms with Crippen LogP contribution in [0.3, 0.4) is 0 Å². The number of aromatic nitrogens is 1. The van der Waals surface area contributed by atoms with Gasteiger partial charge in [0.2, 0.25) is 5.88 Å². The van der Waals surface area contributed by atoms with E-state index in [1.165, 1.54) is 0 Å². The predicted octanol–water partition coefficient (Wildman–Crippen LogP) is 1.07. The Kier molecular flexibility index (Phi) is 3.66. The maximum absolute atomic E-state index is 13.4. The second kappa shape index (κ2) is 4.62. The van der Waals surface area contributed by atoms with Gasteiger partial charge in [-0.25, -0.2) is 9.37 Å². The number of alkyl halides is 3. The van der Waals surface area contributed by atoms with Crippen LogP contribution in [0.25, 0.3) is 0 Å². The van der Waals surface area contributed by atoms with Crippen LogP contribution in [-0.2, 0) is 13.2 Å². The van der Waals surface area contributed by atoms with Crippen molar-refractivity contribution in [2.24, 2.45) is 5.73 Å². The lowest BCUT2D eigenvalue weighted by Crippen LogP contribution is -2.20. The van der Waals surface area contributed by atoms with E-state index >= 15 is 0 Å². The summed E-state index contributed by atoms with van der Waals surface area (Å²) in [5.74, 6) is -1.98. The van der Waals surface area contributed by atoms with Crippen molar-refractivity contribution in [1.29, 1.82) is 0 Å². The number of hydrogen-bond acceptors (Lipinski definition) is 4. The molecule has 0 atom stereocenters. The number of nitrogens with zero attached hydrogens (tertiary/aromatic N) is 1. The third-order valence-electron chi connectivity index (χ3n) is 1.73. The van der Waals surface area contributed by atoms with Gasteiger partial charge in [0.1, 0.15) is 5.82 Å². The predicted molar refractivity (Wildman–Crippen MR) is 44.7 cm³/mol. The molecular formula is C8H8F4N2O2. The summed E-state index contributed by atoms with van der Waals surface area (Å²) in [5, 5.41) is 8.68. The molecule has 16 heavy (non-hydrogen) atoms. The van der Waals surface area contributed by atoms with Crippen molar-refractivity contribution in [3.8, 4) is 5.88 Å². The van der Waals surface area contributed by atoms with E-state index < -0.39 is 36.8 Å². The van der Waals surface area contributed by atoms with E-state index in [0.29, 0.717) is 0 Å². The summed E-state index contributed by atoms with van der Waals surface area (Å²) in [5.41, 5.74) is 4.32. The number of rotatable bonds is 3. The molecule has 1 aromatic rings. The van der Waals surface area contributed by atoms with Crippen LogP contribution >= 0.6 is 0 Å². The van der Waals surface area contributed by atoms with Gasteiger partial charge in [0, 0.05) is 18.3 Å². The van der Waals surface area contributed by atoms with E-state index in [1.807, 2.05) is 0 Å². The highest BCUT2D eigenvalue weighted by Crippen LogP contribution is 2.27. The quantitative estimate of drug-likeness (QED) is 0.775. The summed E-state index contributed by atoms with van der Waals surface area (Å²) < 4.78 is 52.6. The van der Waals surface area contributed by atoms with Gasteiger partial charge in [0.15, 0.2) is 0 Å². The first-order valence-electron chi connectivity index (χ1n) is 4.12. The average Bonchev–Trinajstić information content (AvgIpc) is 2.16. The van der Waals surface area contributed by atoms with Crippen molar-refractivity contribution in [2.75, 3.05) is 0 Å². The molecule has 0 aliphatic rings. The zero-order chi connectivity index (χ0) is 12.3. The molecule has 0 saturated heterocycles. The zero-order valence-electron chi connectivity index (χ0n) is 7.88. The Balaban J connectivity index is 3.16. The van der Waals surface area contributed by atoms with Crippen LogP contribution in [0, 0.1) is 5.82 Å². The van der Waals surface area contributed by atoms with Gasteiger partial charge in [-0.15, -0.1) is 13.2 Å². The Hall–Kier alpha value is -1.41. The molecule has 0 spiro atoms. The third kappa shape index (κ3) is 2.80. The Labute approximate surface area is 87.7 Å². The van der Waals surface area contributed by atoms with Gasteiger partial charge < -0.3 is 15.6 Å². The van der Waals surface area contributed by atoms with Gasteiger partial charge in [0.05, 0.1) is 12.2 Å². The average molecular weight is 240 g/mol. The molecule has 1 heterocycles. The van der Waals surface area contributed by atoms with E-state index in [9.17, 15) is 17.6 Å². The van der Waals surface area contributed by atoms with E-state index in [4.69, 9.17) is 10.8 Å². The molecule has 4 nitrogen and oxygen atoms in total. The third-order valence-corrected chi connectivity index (χ3v) is 1.73. The first-order chi connectivity index (χ1) is 7.39. The topological polar surface area (TPSA) is 68.4 Å². The number of ether oxygens (including phenoxy) is 1. The molecule has 0 aliphatic heterocycles. The van der Waals surface area contributed by atoms with E-state index in [0.717, 1.165) is 6.20 Å². The van der Waals surface area contributed by atoms with Crippen LogP contribution < -0.4 is 10.5 Å². The molecule has 3 N–H and O–H groups in total. The minimum atomic E-state index is -4.97. The summed E-state index contributed by atoms with van der Waals surface area (Å²) in [6.07, 6.45) is -4.21. The zero-order valence-corrected chi connectivity index (χ0v) is 7.88. The fourth-order valence-corrected chi connectivity index (χ4v) is 1.04. The second-order valence-electron chi connectivity index (χ2n) is 2.79. The van der Waals surface area contributed by atoms with Gasteiger partial charge in [-0.3, -0.25) is 0 Å². The molecule has 0 radical (unpaired) electrons. The largest absolute Gasteiger partial charge is 0.574 e. The van der Waals surface area contributed by atoms with Crippen molar-refractivity contribution >= 4 is 0 Å². The molecule has 0 unspecified atom stereocenters. The number of hydrogen-bond donors (Lipinski definition) is 2. The van der Waals surface area contributed by atoms with Crippen molar-refractivity contribution in [3.05, 3.63) is 23.1 Å². The number of halogens is 4. The smallest absolute Gasteiger partial charge is 0.392 e. The summed E-state index contributed by atoms with van der Waals surface area (Å²) in [6.45, 7) is -1.20. The Bertz CT molecular complexity index is 381. The van der Waals surface area contributed by atoms with Crippen molar-refractivity contribution in [2.45, 2.75) is 19.5 Å². The van der Waals surface area contributed by atoms with Crippen LogP contribution in [0.4, 0.5) is 17.6 Å². The lowest BCUT2D eigenvalue weighted by Gasteiger charge is -2.12. The number of aliphatic hydroxyl groups is 1. The molecule has 0 bridgehead atoms. The van der Waals surface area contributed by atoms with Crippen LogP contribution in [-0.4, -0.2) is 16.5 Å². The fraction of sp³-hybridized carbons (Fsp3) is 0.375. The Morgan fingerprint density at radius 3 is 2.50 bits per heavy atom. The van der Waals surface area contributed by atoms with Crippen LogP contribution in [0.5, 0.6) is 5.88 Å². The first kappa shape index (κ1) is 12.7. The Morgan fingerprint density at radius 1 is 1.44 bits per heavy atom. The number of nitrogens with two attached hydrogens (primary N) is 1. The summed E-state index contributed by atoms with van der Waals surface area (Å²) in [7, 11) is 0. The Morgan fingerprint density at radius 2 is 2.06 bits per heavy atom. The van der Waals surface area contributed by atoms with Gasteiger partial charge in [-0.05, 0) is 0 Å². The molecule has 1 rings (SSSR count). The summed E-state index contributed by atoms with van der Waals surface area (Å²) in [6, 6.07) is 0. The second-order valence-corrected chi connectivity index (χ2v) is 2.79. The molecule has 0 fully saturated rings. The maximum atomic E-state index is 13.4. The molecule has 0 aliphatic carbocycles. The molecule has 0 saturated carbocycles. The lowest BCUT2D eigenvalue weighted by atomic mass is 10.2. The van der Waals surface area contributed by atoms with Gasteiger partial charge in [-0.2, -0.15) is 0 Å². The minimum absolute atomic E-state index is 0.241. The SMILES string of the molecule is NCc1c(OC(F)(F)F)ncc(CO)c1F. The van der Waals surface area contributed by atoms with Crippen LogP contribution in [0.1, 0.15) is 11.1 Å². The molecule has 90 valence electrons. The molecule has 1 aromatic heterocycles. The molecule has 0 aromatic carbocycles. The van der Waals surface area contributed by atoms with Crippen molar-refractivity contribution in [3.63, 3.8) is 0 Å². The number of pyridine rings is 1. The van der Waals surface area contributed by atoms with E-state index in [1.54, 1.807) is 0 Å². The molecule has 8 heteroatoms. The van der Waals surface area contributed by atoms with Crippen molar-refractivity contribution < 1.29 is 27.4 Å². The van der Waals surface area contributed by atoms with Gasteiger partial charge in [-0.1, -0.05) is 0 Å². The summed E-state index contributed by atoms with van der Waals surface area (Å²) >= 11 is 0. The molecular weight excluding hydrogens is 232 g/mol. The highest BCUT2D eigenvalue weighted by molar-refractivity contribution is 5.31. The molecule has 0 amide bonds. The first-order valence-corrected chi connectivity index (χ1v) is 4.12. The van der Waals surface area contributed by atoms with Crippen LogP contribution in [0.2, 0.25) is 0 Å². The van der Waals surface area contributed by atoms with Gasteiger partial charge in [0.25, 0.3) is 0 Å². The normalized spacial score (nSPS) is 11.6. The van der Waals surface area contributed by atoms with Crippen molar-refractivity contribution in [1.82, 2.24) is 4.98 Å². The lowest BCUT2D eigenvalue weighted by molar-refractivity contribution is -0.276.